The zero-order valence-corrected chi connectivity index (χ0v) is 21.4. The Morgan fingerprint density at radius 3 is 2.58 bits per heavy atom. The second kappa shape index (κ2) is 11.0. The van der Waals surface area contributed by atoms with Gasteiger partial charge in [0, 0.05) is 49.5 Å². The van der Waals surface area contributed by atoms with E-state index in [-0.39, 0.29) is 5.82 Å². The first-order chi connectivity index (χ1) is 18.7. The number of aromatic nitrogens is 3. The van der Waals surface area contributed by atoms with Crippen molar-refractivity contribution in [2.45, 2.75) is 38.3 Å². The van der Waals surface area contributed by atoms with E-state index in [0.29, 0.717) is 6.04 Å². The van der Waals surface area contributed by atoms with E-state index in [9.17, 15) is 0 Å². The Morgan fingerprint density at radius 2 is 1.79 bits per heavy atom. The number of nitrogens with zero attached hydrogens (tertiary/aromatic N) is 5. The number of hydrogen-bond donors (Lipinski definition) is 2. The SMILES string of the molecule is N#Cc1nccc(NC2CCN(Cc3ccc(-c4nc5c(cc4-c4ccccc4)NCCC5)cc3)CC2)n1. The van der Waals surface area contributed by atoms with Gasteiger partial charge >= 0.3 is 0 Å². The van der Waals surface area contributed by atoms with Gasteiger partial charge in [0.1, 0.15) is 11.9 Å². The minimum atomic E-state index is 0.203. The van der Waals surface area contributed by atoms with Gasteiger partial charge in [-0.1, -0.05) is 54.6 Å². The summed E-state index contributed by atoms with van der Waals surface area (Å²) in [7, 11) is 0. The normalized spacial score (nSPS) is 15.8. The number of nitrogens with one attached hydrogen (secondary N) is 2. The van der Waals surface area contributed by atoms with Crippen molar-refractivity contribution >= 4 is 11.5 Å². The van der Waals surface area contributed by atoms with Crippen molar-refractivity contribution < 1.29 is 0 Å². The Hall–Kier alpha value is -4.28. The van der Waals surface area contributed by atoms with E-state index in [4.69, 9.17) is 10.2 Å². The van der Waals surface area contributed by atoms with Gasteiger partial charge in [-0.05, 0) is 48.9 Å². The molecule has 0 radical (unpaired) electrons. The molecule has 0 saturated carbocycles. The zero-order valence-electron chi connectivity index (χ0n) is 21.4. The molecule has 2 aliphatic rings. The maximum atomic E-state index is 9.02. The van der Waals surface area contributed by atoms with Crippen molar-refractivity contribution in [2.24, 2.45) is 0 Å². The van der Waals surface area contributed by atoms with E-state index >= 15 is 0 Å². The largest absolute Gasteiger partial charge is 0.384 e. The summed E-state index contributed by atoms with van der Waals surface area (Å²) in [6.45, 7) is 3.99. The number of rotatable bonds is 6. The van der Waals surface area contributed by atoms with Crippen LogP contribution in [-0.2, 0) is 13.0 Å². The summed E-state index contributed by atoms with van der Waals surface area (Å²) < 4.78 is 0. The maximum absolute atomic E-state index is 9.02. The third-order valence-corrected chi connectivity index (χ3v) is 7.42. The van der Waals surface area contributed by atoms with Crippen LogP contribution in [0.25, 0.3) is 22.4 Å². The molecular weight excluding hydrogens is 470 g/mol. The van der Waals surface area contributed by atoms with Crippen LogP contribution in [0.1, 0.15) is 36.3 Å². The molecular formula is C31H31N7. The number of benzene rings is 2. The molecule has 4 aromatic rings. The molecule has 0 unspecified atom stereocenters. The third kappa shape index (κ3) is 5.36. The Labute approximate surface area is 223 Å². The van der Waals surface area contributed by atoms with Gasteiger partial charge in [0.2, 0.25) is 5.82 Å². The predicted molar refractivity (Wildman–Crippen MR) is 151 cm³/mol. The Morgan fingerprint density at radius 1 is 0.974 bits per heavy atom. The summed E-state index contributed by atoms with van der Waals surface area (Å²) in [5.41, 5.74) is 8.22. The van der Waals surface area contributed by atoms with Gasteiger partial charge in [-0.2, -0.15) is 5.26 Å². The van der Waals surface area contributed by atoms with Crippen molar-refractivity contribution in [1.82, 2.24) is 19.9 Å². The monoisotopic (exact) mass is 501 g/mol. The molecule has 2 aromatic heterocycles. The molecule has 1 fully saturated rings. The Bertz CT molecular complexity index is 1440. The highest BCUT2D eigenvalue weighted by molar-refractivity contribution is 5.84. The first-order valence-electron chi connectivity index (χ1n) is 13.4. The average molecular weight is 502 g/mol. The van der Waals surface area contributed by atoms with Gasteiger partial charge in [-0.3, -0.25) is 9.88 Å². The topological polar surface area (TPSA) is 89.8 Å². The van der Waals surface area contributed by atoms with E-state index in [1.54, 1.807) is 6.20 Å². The van der Waals surface area contributed by atoms with Gasteiger partial charge < -0.3 is 10.6 Å². The highest BCUT2D eigenvalue weighted by Crippen LogP contribution is 2.35. The molecule has 1 saturated heterocycles. The number of aryl methyl sites for hydroxylation is 1. The molecule has 0 bridgehead atoms. The van der Waals surface area contributed by atoms with Gasteiger partial charge in [0.05, 0.1) is 17.1 Å². The average Bonchev–Trinajstić information content (AvgIpc) is 2.98. The summed E-state index contributed by atoms with van der Waals surface area (Å²) in [6.07, 6.45) is 5.85. The van der Waals surface area contributed by atoms with Gasteiger partial charge in [0.25, 0.3) is 0 Å². The summed E-state index contributed by atoms with van der Waals surface area (Å²) in [5, 5.41) is 16.0. The minimum Gasteiger partial charge on any atom is -0.384 e. The van der Waals surface area contributed by atoms with Crippen LogP contribution in [0.2, 0.25) is 0 Å². The van der Waals surface area contributed by atoms with Crippen LogP contribution < -0.4 is 10.6 Å². The molecule has 190 valence electrons. The van der Waals surface area contributed by atoms with Crippen molar-refractivity contribution in [2.75, 3.05) is 30.3 Å². The number of nitriles is 1. The van der Waals surface area contributed by atoms with Crippen LogP contribution in [0, 0.1) is 11.3 Å². The summed E-state index contributed by atoms with van der Waals surface area (Å²) in [4.78, 5) is 15.9. The van der Waals surface area contributed by atoms with Gasteiger partial charge in [0.15, 0.2) is 0 Å². The first kappa shape index (κ1) is 24.1. The smallest absolute Gasteiger partial charge is 0.234 e. The number of pyridine rings is 1. The molecule has 0 aliphatic carbocycles. The van der Waals surface area contributed by atoms with E-state index < -0.39 is 0 Å². The summed E-state index contributed by atoms with van der Waals surface area (Å²) in [5.74, 6) is 0.932. The van der Waals surface area contributed by atoms with Crippen molar-refractivity contribution in [3.63, 3.8) is 0 Å². The van der Waals surface area contributed by atoms with Crippen LogP contribution >= 0.6 is 0 Å². The van der Waals surface area contributed by atoms with Crippen LogP contribution in [0.4, 0.5) is 11.5 Å². The van der Waals surface area contributed by atoms with Crippen molar-refractivity contribution in [1.29, 1.82) is 5.26 Å². The summed E-state index contributed by atoms with van der Waals surface area (Å²) in [6, 6.07) is 26.0. The van der Waals surface area contributed by atoms with E-state index in [0.717, 1.165) is 74.6 Å². The van der Waals surface area contributed by atoms with Gasteiger partial charge in [-0.15, -0.1) is 0 Å². The molecule has 0 amide bonds. The lowest BCUT2D eigenvalue weighted by Gasteiger charge is -2.32. The molecule has 7 nitrogen and oxygen atoms in total. The molecule has 4 heterocycles. The molecule has 2 aromatic carbocycles. The Balaban J connectivity index is 1.13. The van der Waals surface area contributed by atoms with Crippen molar-refractivity contribution in [3.8, 4) is 28.5 Å². The van der Waals surface area contributed by atoms with Crippen LogP contribution in [-0.4, -0.2) is 45.5 Å². The lowest BCUT2D eigenvalue weighted by molar-refractivity contribution is 0.211. The molecule has 2 aliphatic heterocycles. The Kier molecular flexibility index (Phi) is 6.97. The van der Waals surface area contributed by atoms with Crippen LogP contribution in [0.15, 0.2) is 72.9 Å². The zero-order chi connectivity index (χ0) is 25.7. The fourth-order valence-electron chi connectivity index (χ4n) is 5.40. The molecule has 2 N–H and O–H groups in total. The fourth-order valence-corrected chi connectivity index (χ4v) is 5.40. The minimum absolute atomic E-state index is 0.203. The number of hydrogen-bond acceptors (Lipinski definition) is 7. The van der Waals surface area contributed by atoms with Crippen LogP contribution in [0.3, 0.4) is 0 Å². The lowest BCUT2D eigenvalue weighted by atomic mass is 9.96. The molecule has 38 heavy (non-hydrogen) atoms. The highest BCUT2D eigenvalue weighted by Gasteiger charge is 2.20. The van der Waals surface area contributed by atoms with E-state index in [2.05, 4.69) is 86.2 Å². The van der Waals surface area contributed by atoms with Crippen LogP contribution in [0.5, 0.6) is 0 Å². The summed E-state index contributed by atoms with van der Waals surface area (Å²) >= 11 is 0. The molecule has 6 rings (SSSR count). The number of likely N-dealkylation sites (tertiary alicyclic amines) is 1. The second-order valence-corrected chi connectivity index (χ2v) is 10.0. The molecule has 0 atom stereocenters. The number of fused-ring (bicyclic) bond motifs is 1. The quantitative estimate of drug-likeness (QED) is 0.360. The second-order valence-electron chi connectivity index (χ2n) is 10.0. The highest BCUT2D eigenvalue weighted by atomic mass is 15.1. The number of anilines is 2. The van der Waals surface area contributed by atoms with E-state index in [1.165, 1.54) is 22.4 Å². The maximum Gasteiger partial charge on any atom is 0.234 e. The number of piperidine rings is 1. The predicted octanol–water partition coefficient (Wildman–Crippen LogP) is 5.51. The van der Waals surface area contributed by atoms with E-state index in [1.807, 2.05) is 12.1 Å². The molecule has 7 heteroatoms. The lowest BCUT2D eigenvalue weighted by Crippen LogP contribution is -2.38. The first-order valence-corrected chi connectivity index (χ1v) is 13.4. The third-order valence-electron chi connectivity index (χ3n) is 7.42. The fraction of sp³-hybridized carbons (Fsp3) is 0.290. The van der Waals surface area contributed by atoms with Crippen molar-refractivity contribution in [3.05, 3.63) is 90.0 Å². The standard InChI is InChI=1S/C31H31N7/c32-20-30-34-16-12-29(37-30)35-25-13-17-38(18-14-25)21-22-8-10-24(11-9-22)31-26(23-5-2-1-3-6-23)19-28-27(36-31)7-4-15-33-28/h1-3,5-6,8-12,16,19,25,33H,4,7,13-15,17-18,21H2,(H,34,35,37). The van der Waals surface area contributed by atoms with Gasteiger partial charge in [-0.25, -0.2) is 9.97 Å². The molecule has 0 spiro atoms.